The van der Waals surface area contributed by atoms with Crippen LogP contribution in [0.2, 0.25) is 10.0 Å². The smallest absolute Gasteiger partial charge is 0.328 e. The molecule has 0 spiro atoms. The molecule has 0 saturated heterocycles. The number of carbonyl (C=O) groups excluding carboxylic acids is 1. The average Bonchev–Trinajstić information content (AvgIpc) is 2.90. The zero-order valence-electron chi connectivity index (χ0n) is 13.3. The van der Waals surface area contributed by atoms with Gasteiger partial charge < -0.3 is 10.4 Å². The minimum Gasteiger partial charge on any atom is -0.480 e. The first kappa shape index (κ1) is 18.2. The van der Waals surface area contributed by atoms with Crippen LogP contribution in [0.1, 0.15) is 37.2 Å². The molecule has 2 aromatic rings. The predicted molar refractivity (Wildman–Crippen MR) is 89.9 cm³/mol. The first-order chi connectivity index (χ1) is 11.2. The Morgan fingerprint density at radius 1 is 1.29 bits per heavy atom. The van der Waals surface area contributed by atoms with Crippen molar-refractivity contribution in [3.8, 4) is 5.69 Å². The molecule has 1 amide bonds. The van der Waals surface area contributed by atoms with Crippen LogP contribution in [0.3, 0.4) is 0 Å². The molecular formula is C15H16Cl2N4O3. The fourth-order valence-corrected chi connectivity index (χ4v) is 2.49. The first-order valence-electron chi connectivity index (χ1n) is 7.13. The quantitative estimate of drug-likeness (QED) is 0.842. The van der Waals surface area contributed by atoms with Crippen LogP contribution in [0.25, 0.3) is 5.69 Å². The summed E-state index contributed by atoms with van der Waals surface area (Å²) >= 11 is 12.4. The Balaban J connectivity index is 2.45. The van der Waals surface area contributed by atoms with Crippen molar-refractivity contribution in [2.45, 2.75) is 32.7 Å². The summed E-state index contributed by atoms with van der Waals surface area (Å²) in [5, 5.41) is 16.3. The SMILES string of the molecule is CCc1nc(C(=O)NC(C)(C)C(=O)O)nn1-c1c(Cl)cccc1Cl. The molecule has 0 fully saturated rings. The fraction of sp³-hybridized carbons (Fsp3) is 0.333. The van der Waals surface area contributed by atoms with Crippen LogP contribution in [-0.4, -0.2) is 37.3 Å². The van der Waals surface area contributed by atoms with E-state index in [1.54, 1.807) is 18.2 Å². The van der Waals surface area contributed by atoms with Gasteiger partial charge in [0.25, 0.3) is 5.91 Å². The lowest BCUT2D eigenvalue weighted by molar-refractivity contribution is -0.143. The van der Waals surface area contributed by atoms with E-state index in [1.165, 1.54) is 18.5 Å². The number of carbonyl (C=O) groups is 2. The van der Waals surface area contributed by atoms with Gasteiger partial charge in [-0.05, 0) is 26.0 Å². The molecule has 1 aromatic heterocycles. The summed E-state index contributed by atoms with van der Waals surface area (Å²) in [5.41, 5.74) is -1.03. The molecular weight excluding hydrogens is 355 g/mol. The van der Waals surface area contributed by atoms with Crippen molar-refractivity contribution >= 4 is 35.1 Å². The molecule has 0 atom stereocenters. The Morgan fingerprint density at radius 3 is 2.38 bits per heavy atom. The highest BCUT2D eigenvalue weighted by atomic mass is 35.5. The van der Waals surface area contributed by atoms with Gasteiger partial charge in [-0.3, -0.25) is 4.79 Å². The summed E-state index contributed by atoms with van der Waals surface area (Å²) in [6, 6.07) is 4.99. The van der Waals surface area contributed by atoms with Crippen molar-refractivity contribution in [1.82, 2.24) is 20.1 Å². The number of aromatic nitrogens is 3. The zero-order chi connectivity index (χ0) is 18.1. The van der Waals surface area contributed by atoms with E-state index in [0.29, 0.717) is 28.0 Å². The van der Waals surface area contributed by atoms with Crippen LogP contribution >= 0.6 is 23.2 Å². The highest BCUT2D eigenvalue weighted by Gasteiger charge is 2.31. The maximum Gasteiger partial charge on any atom is 0.328 e. The molecule has 0 aliphatic rings. The highest BCUT2D eigenvalue weighted by Crippen LogP contribution is 2.28. The van der Waals surface area contributed by atoms with Gasteiger partial charge in [0, 0.05) is 6.42 Å². The standard InChI is InChI=1S/C15H16Cl2N4O3/c1-4-10-18-12(13(22)19-15(2,3)14(23)24)20-21(10)11-8(16)6-5-7-9(11)17/h5-7H,4H2,1-3H3,(H,19,22)(H,23,24). The van der Waals surface area contributed by atoms with Gasteiger partial charge in [0.2, 0.25) is 5.82 Å². The van der Waals surface area contributed by atoms with Crippen LogP contribution in [0.4, 0.5) is 0 Å². The summed E-state index contributed by atoms with van der Waals surface area (Å²) in [7, 11) is 0. The van der Waals surface area contributed by atoms with Gasteiger partial charge in [0.1, 0.15) is 17.1 Å². The molecule has 2 N–H and O–H groups in total. The molecule has 9 heteroatoms. The van der Waals surface area contributed by atoms with Crippen LogP contribution < -0.4 is 5.32 Å². The number of hydrogen-bond donors (Lipinski definition) is 2. The maximum atomic E-state index is 12.3. The Morgan fingerprint density at radius 2 is 1.88 bits per heavy atom. The van der Waals surface area contributed by atoms with Gasteiger partial charge >= 0.3 is 5.97 Å². The van der Waals surface area contributed by atoms with Gasteiger partial charge in [-0.1, -0.05) is 36.2 Å². The van der Waals surface area contributed by atoms with Crippen LogP contribution in [-0.2, 0) is 11.2 Å². The Hall–Kier alpha value is -2.12. The summed E-state index contributed by atoms with van der Waals surface area (Å²) in [6.07, 6.45) is 0.476. The van der Waals surface area contributed by atoms with E-state index in [0.717, 1.165) is 0 Å². The largest absolute Gasteiger partial charge is 0.480 e. The summed E-state index contributed by atoms with van der Waals surface area (Å²) in [6.45, 7) is 4.58. The van der Waals surface area contributed by atoms with Gasteiger partial charge in [0.15, 0.2) is 0 Å². The molecule has 2 rings (SSSR count). The second-order valence-corrected chi connectivity index (χ2v) is 6.39. The average molecular weight is 371 g/mol. The van der Waals surface area contributed by atoms with Crippen molar-refractivity contribution in [3.63, 3.8) is 0 Å². The van der Waals surface area contributed by atoms with Crippen LogP contribution in [0, 0.1) is 0 Å². The predicted octanol–water partition coefficient (Wildman–Crippen LogP) is 2.73. The molecule has 0 aliphatic carbocycles. The normalized spacial score (nSPS) is 11.4. The van der Waals surface area contributed by atoms with Crippen LogP contribution in [0.15, 0.2) is 18.2 Å². The molecule has 1 aromatic carbocycles. The van der Waals surface area contributed by atoms with Gasteiger partial charge in [-0.25, -0.2) is 14.5 Å². The zero-order valence-corrected chi connectivity index (χ0v) is 14.8. The summed E-state index contributed by atoms with van der Waals surface area (Å²) < 4.78 is 1.40. The van der Waals surface area contributed by atoms with Crippen LogP contribution in [0.5, 0.6) is 0 Å². The molecule has 0 unspecified atom stereocenters. The number of carboxylic acids is 1. The third kappa shape index (κ3) is 3.52. The van der Waals surface area contributed by atoms with Gasteiger partial charge in [-0.2, -0.15) is 0 Å². The Bertz CT molecular complexity index is 782. The minimum absolute atomic E-state index is 0.155. The van der Waals surface area contributed by atoms with E-state index >= 15 is 0 Å². The summed E-state index contributed by atoms with van der Waals surface area (Å²) in [5.74, 6) is -1.54. The van der Waals surface area contributed by atoms with Crippen molar-refractivity contribution in [2.24, 2.45) is 0 Å². The van der Waals surface area contributed by atoms with Gasteiger partial charge in [0.05, 0.1) is 10.0 Å². The molecule has 0 bridgehead atoms. The number of carboxylic acid groups (broad SMARTS) is 1. The van der Waals surface area contributed by atoms with E-state index in [4.69, 9.17) is 28.3 Å². The molecule has 7 nitrogen and oxygen atoms in total. The molecule has 0 saturated carbocycles. The van der Waals surface area contributed by atoms with E-state index in [1.807, 2.05) is 6.92 Å². The lowest BCUT2D eigenvalue weighted by Crippen LogP contribution is -2.49. The monoisotopic (exact) mass is 370 g/mol. The summed E-state index contributed by atoms with van der Waals surface area (Å²) in [4.78, 5) is 27.6. The van der Waals surface area contributed by atoms with Crippen molar-refractivity contribution in [2.75, 3.05) is 0 Å². The fourth-order valence-electron chi connectivity index (χ4n) is 1.93. The second kappa shape index (κ2) is 6.78. The molecule has 128 valence electrons. The lowest BCUT2D eigenvalue weighted by Gasteiger charge is -2.19. The number of benzene rings is 1. The molecule has 1 heterocycles. The first-order valence-corrected chi connectivity index (χ1v) is 7.89. The number of hydrogen-bond acceptors (Lipinski definition) is 4. The van der Waals surface area contributed by atoms with Gasteiger partial charge in [-0.15, -0.1) is 5.10 Å². The maximum absolute atomic E-state index is 12.3. The molecule has 24 heavy (non-hydrogen) atoms. The van der Waals surface area contributed by atoms with E-state index in [2.05, 4.69) is 15.4 Å². The number of para-hydroxylation sites is 1. The minimum atomic E-state index is -1.45. The highest BCUT2D eigenvalue weighted by molar-refractivity contribution is 6.37. The van der Waals surface area contributed by atoms with E-state index < -0.39 is 17.4 Å². The van der Waals surface area contributed by atoms with Crippen molar-refractivity contribution < 1.29 is 14.7 Å². The van der Waals surface area contributed by atoms with E-state index in [9.17, 15) is 9.59 Å². The van der Waals surface area contributed by atoms with Crippen molar-refractivity contribution in [3.05, 3.63) is 39.9 Å². The number of aliphatic carboxylic acids is 1. The number of nitrogens with one attached hydrogen (secondary N) is 1. The van der Waals surface area contributed by atoms with Crippen molar-refractivity contribution in [1.29, 1.82) is 0 Å². The third-order valence-corrected chi connectivity index (χ3v) is 3.91. The lowest BCUT2D eigenvalue weighted by atomic mass is 10.1. The number of rotatable bonds is 5. The second-order valence-electron chi connectivity index (χ2n) is 5.57. The number of amides is 1. The molecule has 0 radical (unpaired) electrons. The van der Waals surface area contributed by atoms with E-state index in [-0.39, 0.29) is 5.82 Å². The number of aryl methyl sites for hydroxylation is 1. The molecule has 0 aliphatic heterocycles. The Kier molecular flexibility index (Phi) is 5.15. The third-order valence-electron chi connectivity index (χ3n) is 3.30. The number of halogens is 2. The Labute approximate surface area is 148 Å². The topological polar surface area (TPSA) is 97.1 Å². The number of nitrogens with zero attached hydrogens (tertiary/aromatic N) is 3.